The van der Waals surface area contributed by atoms with E-state index in [9.17, 15) is 9.59 Å². The van der Waals surface area contributed by atoms with Gasteiger partial charge < -0.3 is 28.7 Å². The van der Waals surface area contributed by atoms with Gasteiger partial charge in [-0.15, -0.1) is 0 Å². The molecule has 0 aliphatic carbocycles. The first kappa shape index (κ1) is 45.9. The average molecular weight is 801 g/mol. The molecule has 0 N–H and O–H groups in total. The van der Waals surface area contributed by atoms with Gasteiger partial charge in [0.05, 0.1) is 26.4 Å². The van der Waals surface area contributed by atoms with Gasteiger partial charge in [-0.05, 0) is 103 Å². The van der Waals surface area contributed by atoms with E-state index >= 15 is 0 Å². The molecule has 0 unspecified atom stereocenters. The Morgan fingerprint density at radius 1 is 0.610 bits per heavy atom. The Hall–Kier alpha value is -5.76. The van der Waals surface area contributed by atoms with Crippen molar-refractivity contribution in [2.24, 2.45) is 0 Å². The number of esters is 2. The Labute approximate surface area is 353 Å². The van der Waals surface area contributed by atoms with Gasteiger partial charge in [-0.3, -0.25) is 4.79 Å². The van der Waals surface area contributed by atoms with Gasteiger partial charge in [0.15, 0.2) is 0 Å². The lowest BCUT2D eigenvalue weighted by atomic mass is 10.0. The van der Waals surface area contributed by atoms with Crippen molar-refractivity contribution in [1.29, 1.82) is 0 Å². The SMILES string of the molecule is C=C(COC(C)=O)c1ccc(C(=O)OCCCCCCN(C)c2ccc(/C=C/c3cc(OC)c(/C=C/c4ccc(N(CCCC)CCCC)cc4)cc3OC)cc2)cc1. The topological polar surface area (TPSA) is 77.5 Å². The Morgan fingerprint density at radius 3 is 1.63 bits per heavy atom. The van der Waals surface area contributed by atoms with Gasteiger partial charge >= 0.3 is 11.9 Å². The molecule has 4 aromatic rings. The van der Waals surface area contributed by atoms with Crippen LogP contribution in [-0.4, -0.2) is 66.1 Å². The summed E-state index contributed by atoms with van der Waals surface area (Å²) in [6.07, 6.45) is 17.1. The fourth-order valence-corrected chi connectivity index (χ4v) is 6.58. The number of anilines is 2. The molecule has 0 saturated carbocycles. The van der Waals surface area contributed by atoms with Crippen LogP contribution in [0, 0.1) is 0 Å². The summed E-state index contributed by atoms with van der Waals surface area (Å²) < 4.78 is 22.1. The van der Waals surface area contributed by atoms with E-state index in [-0.39, 0.29) is 18.5 Å². The third kappa shape index (κ3) is 15.2. The maximum atomic E-state index is 12.5. The van der Waals surface area contributed by atoms with Crippen molar-refractivity contribution in [1.82, 2.24) is 0 Å². The van der Waals surface area contributed by atoms with E-state index in [1.165, 1.54) is 38.3 Å². The molecule has 8 heteroatoms. The van der Waals surface area contributed by atoms with E-state index in [1.54, 1.807) is 38.5 Å². The monoisotopic (exact) mass is 800 g/mol. The van der Waals surface area contributed by atoms with Crippen LogP contribution >= 0.6 is 0 Å². The maximum Gasteiger partial charge on any atom is 0.338 e. The minimum atomic E-state index is -0.357. The number of methoxy groups -OCH3 is 2. The van der Waals surface area contributed by atoms with Crippen molar-refractivity contribution in [3.8, 4) is 11.5 Å². The van der Waals surface area contributed by atoms with Crippen LogP contribution in [0.1, 0.15) is 110 Å². The molecule has 0 bridgehead atoms. The third-order valence-electron chi connectivity index (χ3n) is 10.2. The van der Waals surface area contributed by atoms with E-state index in [1.807, 2.05) is 12.1 Å². The number of unbranched alkanes of at least 4 members (excludes halogenated alkanes) is 5. The van der Waals surface area contributed by atoms with Crippen molar-refractivity contribution in [2.75, 3.05) is 63.9 Å². The standard InChI is InChI=1S/C51H64N2O6/c1-8-10-33-53(34-11-9-2)48-30-20-42(21-31-48)17-23-46-37-49(56-6)45(36-50(46)57-7)22-16-41-18-28-47(29-19-41)52(5)32-14-12-13-15-35-58-51(55)44-26-24-43(25-27-44)39(3)38-59-40(4)54/h16-31,36-37H,3,8-15,32-35,38H2,1-2,4-7H3/b22-16+,23-17+. The van der Waals surface area contributed by atoms with Gasteiger partial charge in [0.1, 0.15) is 18.1 Å². The highest BCUT2D eigenvalue weighted by atomic mass is 16.5. The van der Waals surface area contributed by atoms with Gasteiger partial charge in [0.25, 0.3) is 0 Å². The van der Waals surface area contributed by atoms with E-state index < -0.39 is 0 Å². The first-order valence-corrected chi connectivity index (χ1v) is 21.0. The van der Waals surface area contributed by atoms with Crippen LogP contribution in [0.5, 0.6) is 11.5 Å². The summed E-state index contributed by atoms with van der Waals surface area (Å²) in [6, 6.07) is 28.4. The fourth-order valence-electron chi connectivity index (χ4n) is 6.58. The zero-order valence-electron chi connectivity index (χ0n) is 36.1. The van der Waals surface area contributed by atoms with Crippen LogP contribution in [0.15, 0.2) is 91.5 Å². The molecule has 4 rings (SSSR count). The predicted molar refractivity (Wildman–Crippen MR) is 246 cm³/mol. The Bertz CT molecular complexity index is 1960. The highest BCUT2D eigenvalue weighted by Crippen LogP contribution is 2.32. The molecule has 0 atom stereocenters. The highest BCUT2D eigenvalue weighted by Gasteiger charge is 2.11. The number of rotatable bonds is 25. The Morgan fingerprint density at radius 2 is 1.12 bits per heavy atom. The van der Waals surface area contributed by atoms with Crippen molar-refractivity contribution < 1.29 is 28.5 Å². The zero-order valence-corrected chi connectivity index (χ0v) is 36.1. The second-order valence-electron chi connectivity index (χ2n) is 14.8. The minimum absolute atomic E-state index is 0.121. The largest absolute Gasteiger partial charge is 0.496 e. The zero-order chi connectivity index (χ0) is 42.4. The summed E-state index contributed by atoms with van der Waals surface area (Å²) in [5.74, 6) is 0.862. The smallest absolute Gasteiger partial charge is 0.338 e. The van der Waals surface area contributed by atoms with Crippen LogP contribution in [0.25, 0.3) is 29.9 Å². The number of nitrogens with zero attached hydrogens (tertiary/aromatic N) is 2. The van der Waals surface area contributed by atoms with E-state index in [0.29, 0.717) is 17.7 Å². The molecule has 0 fully saturated rings. The van der Waals surface area contributed by atoms with Gasteiger partial charge in [-0.2, -0.15) is 0 Å². The van der Waals surface area contributed by atoms with Crippen LogP contribution < -0.4 is 19.3 Å². The quantitative estimate of drug-likeness (QED) is 0.0373. The number of ether oxygens (including phenoxy) is 4. The number of benzene rings is 4. The molecule has 0 aliphatic rings. The first-order chi connectivity index (χ1) is 28.6. The fraction of sp³-hybridized carbons (Fsp3) is 0.373. The maximum absolute atomic E-state index is 12.5. The van der Waals surface area contributed by atoms with Gasteiger partial charge in [-0.25, -0.2) is 4.79 Å². The van der Waals surface area contributed by atoms with Crippen LogP contribution in [0.4, 0.5) is 11.4 Å². The van der Waals surface area contributed by atoms with E-state index in [4.69, 9.17) is 18.9 Å². The highest BCUT2D eigenvalue weighted by molar-refractivity contribution is 5.90. The molecule has 8 nitrogen and oxygen atoms in total. The van der Waals surface area contributed by atoms with Crippen molar-refractivity contribution in [3.63, 3.8) is 0 Å². The molecule has 0 spiro atoms. The van der Waals surface area contributed by atoms with Crippen LogP contribution in [-0.2, 0) is 14.3 Å². The summed E-state index contributed by atoms with van der Waals surface area (Å²) in [6.45, 7) is 13.4. The van der Waals surface area contributed by atoms with Crippen molar-refractivity contribution in [2.45, 2.75) is 72.1 Å². The summed E-state index contributed by atoms with van der Waals surface area (Å²) >= 11 is 0. The molecule has 0 amide bonds. The van der Waals surface area contributed by atoms with Gasteiger partial charge in [0.2, 0.25) is 0 Å². The number of hydrogen-bond donors (Lipinski definition) is 0. The van der Waals surface area contributed by atoms with E-state index in [2.05, 4.69) is 110 Å². The first-order valence-electron chi connectivity index (χ1n) is 21.0. The average Bonchev–Trinajstić information content (AvgIpc) is 3.26. The van der Waals surface area contributed by atoms with Gasteiger partial charge in [-0.1, -0.05) is 100 Å². The molecule has 0 aliphatic heterocycles. The Kier molecular flexibility index (Phi) is 19.4. The molecule has 314 valence electrons. The summed E-state index contributed by atoms with van der Waals surface area (Å²) in [5.41, 5.74) is 8.54. The van der Waals surface area contributed by atoms with Crippen molar-refractivity contribution in [3.05, 3.63) is 125 Å². The van der Waals surface area contributed by atoms with E-state index in [0.717, 1.165) is 90.3 Å². The molecule has 0 radical (unpaired) electrons. The summed E-state index contributed by atoms with van der Waals surface area (Å²) in [5, 5.41) is 0. The molecule has 0 heterocycles. The Balaban J connectivity index is 1.22. The summed E-state index contributed by atoms with van der Waals surface area (Å²) in [4.78, 5) is 28.3. The van der Waals surface area contributed by atoms with Crippen LogP contribution in [0.3, 0.4) is 0 Å². The van der Waals surface area contributed by atoms with Gasteiger partial charge in [0, 0.05) is 56.1 Å². The summed E-state index contributed by atoms with van der Waals surface area (Å²) in [7, 11) is 5.52. The second kappa shape index (κ2) is 24.9. The number of carbonyl (C=O) groups is 2. The van der Waals surface area contributed by atoms with Crippen molar-refractivity contribution >= 4 is 53.2 Å². The number of hydrogen-bond acceptors (Lipinski definition) is 8. The molecule has 0 saturated heterocycles. The molecular weight excluding hydrogens is 737 g/mol. The molecular formula is C51H64N2O6. The normalized spacial score (nSPS) is 11.2. The lowest BCUT2D eigenvalue weighted by Crippen LogP contribution is -2.25. The lowest BCUT2D eigenvalue weighted by Gasteiger charge is -2.24. The molecule has 4 aromatic carbocycles. The molecule has 0 aromatic heterocycles. The lowest BCUT2D eigenvalue weighted by molar-refractivity contribution is -0.139. The third-order valence-corrected chi connectivity index (χ3v) is 10.2. The van der Waals surface area contributed by atoms with Crippen LogP contribution in [0.2, 0.25) is 0 Å². The number of carbonyl (C=O) groups excluding carboxylic acids is 2. The minimum Gasteiger partial charge on any atom is -0.496 e. The molecule has 59 heavy (non-hydrogen) atoms. The second-order valence-corrected chi connectivity index (χ2v) is 14.8. The predicted octanol–water partition coefficient (Wildman–Crippen LogP) is 11.9.